The van der Waals surface area contributed by atoms with Crippen LogP contribution in [0.1, 0.15) is 10.4 Å². The van der Waals surface area contributed by atoms with Gasteiger partial charge >= 0.3 is 5.97 Å². The van der Waals surface area contributed by atoms with Gasteiger partial charge in [-0.25, -0.2) is 14.8 Å². The molecule has 0 saturated heterocycles. The molecule has 20 heavy (non-hydrogen) atoms. The number of halogens is 1. The smallest absolute Gasteiger partial charge is 0.337 e. The van der Waals surface area contributed by atoms with Gasteiger partial charge in [0, 0.05) is 0 Å². The fourth-order valence-electron chi connectivity index (χ4n) is 1.97. The summed E-state index contributed by atoms with van der Waals surface area (Å²) in [6, 6.07) is 10.9. The molecule has 0 amide bonds. The Bertz CT molecular complexity index is 798. The molecule has 0 saturated carbocycles. The lowest BCUT2D eigenvalue weighted by molar-refractivity contribution is 0.0601. The number of carbonyl (C=O) groups excluding carboxylic acids is 1. The lowest BCUT2D eigenvalue weighted by Crippen LogP contribution is -2.01. The maximum atomic E-state index is 11.5. The summed E-state index contributed by atoms with van der Waals surface area (Å²) in [4.78, 5) is 20.2. The van der Waals surface area contributed by atoms with Crippen LogP contribution in [0.3, 0.4) is 0 Å². The second-order valence-corrected chi connectivity index (χ2v) is 4.94. The predicted octanol–water partition coefficient (Wildman–Crippen LogP) is 2.97. The van der Waals surface area contributed by atoms with Gasteiger partial charge in [0.05, 0.1) is 23.7 Å². The number of nitrogens with zero attached hydrogens (tertiary/aromatic N) is 3. The third-order valence-electron chi connectivity index (χ3n) is 2.92. The first-order chi connectivity index (χ1) is 9.69. The van der Waals surface area contributed by atoms with Gasteiger partial charge in [0.1, 0.15) is 16.7 Å². The van der Waals surface area contributed by atoms with Crippen molar-refractivity contribution in [2.24, 2.45) is 0 Å². The summed E-state index contributed by atoms with van der Waals surface area (Å²) in [5.41, 5.74) is 2.07. The number of rotatable bonds is 2. The zero-order valence-electron chi connectivity index (χ0n) is 10.6. The molecule has 0 N–H and O–H groups in total. The Morgan fingerprint density at radius 1 is 1.30 bits per heavy atom. The van der Waals surface area contributed by atoms with E-state index < -0.39 is 0 Å². The zero-order chi connectivity index (χ0) is 14.1. The minimum Gasteiger partial charge on any atom is -0.465 e. The number of aromatic nitrogens is 3. The van der Waals surface area contributed by atoms with E-state index in [1.807, 2.05) is 28.8 Å². The van der Waals surface area contributed by atoms with E-state index in [-0.39, 0.29) is 5.97 Å². The molecule has 3 aromatic rings. The number of methoxy groups -OCH3 is 1. The summed E-state index contributed by atoms with van der Waals surface area (Å²) in [7, 11) is 1.36. The van der Waals surface area contributed by atoms with Crippen LogP contribution < -0.4 is 0 Å². The van der Waals surface area contributed by atoms with Gasteiger partial charge in [-0.15, -0.1) is 0 Å². The number of hydrogen-bond acceptors (Lipinski definition) is 4. The van der Waals surface area contributed by atoms with Gasteiger partial charge in [-0.1, -0.05) is 6.07 Å². The van der Waals surface area contributed by atoms with Crippen LogP contribution in [0, 0.1) is 0 Å². The average molecular weight is 332 g/mol. The highest BCUT2D eigenvalue weighted by Crippen LogP contribution is 2.19. The number of hydrogen-bond donors (Lipinski definition) is 0. The zero-order valence-corrected chi connectivity index (χ0v) is 12.2. The molecule has 0 atom stereocenters. The van der Waals surface area contributed by atoms with E-state index in [1.54, 1.807) is 18.5 Å². The number of benzene rings is 1. The second-order valence-electron chi connectivity index (χ2n) is 4.13. The van der Waals surface area contributed by atoms with Crippen LogP contribution in [0.5, 0.6) is 0 Å². The Labute approximate surface area is 123 Å². The third kappa shape index (κ3) is 2.18. The van der Waals surface area contributed by atoms with Crippen LogP contribution in [-0.2, 0) is 4.74 Å². The molecule has 0 aliphatic heterocycles. The highest BCUT2D eigenvalue weighted by atomic mass is 79.9. The first kappa shape index (κ1) is 12.8. The molecule has 1 aromatic carbocycles. The molecular formula is C14H10BrN3O2. The van der Waals surface area contributed by atoms with Crippen molar-refractivity contribution in [3.8, 4) is 5.82 Å². The van der Waals surface area contributed by atoms with Crippen LogP contribution in [0.2, 0.25) is 0 Å². The maximum absolute atomic E-state index is 11.5. The van der Waals surface area contributed by atoms with Crippen molar-refractivity contribution >= 4 is 32.9 Å². The molecular weight excluding hydrogens is 322 g/mol. The van der Waals surface area contributed by atoms with E-state index in [1.165, 1.54) is 7.11 Å². The van der Waals surface area contributed by atoms with Crippen molar-refractivity contribution in [1.29, 1.82) is 0 Å². The van der Waals surface area contributed by atoms with E-state index in [0.29, 0.717) is 5.56 Å². The van der Waals surface area contributed by atoms with Crippen LogP contribution in [0.15, 0.2) is 47.3 Å². The Kier molecular flexibility index (Phi) is 3.23. The monoisotopic (exact) mass is 331 g/mol. The highest BCUT2D eigenvalue weighted by molar-refractivity contribution is 9.10. The summed E-state index contributed by atoms with van der Waals surface area (Å²) in [5, 5.41) is 0. The van der Waals surface area contributed by atoms with Crippen molar-refractivity contribution in [3.63, 3.8) is 0 Å². The maximum Gasteiger partial charge on any atom is 0.337 e. The van der Waals surface area contributed by atoms with E-state index >= 15 is 0 Å². The minimum atomic E-state index is -0.373. The molecule has 5 nitrogen and oxygen atoms in total. The standard InChI is InChI=1S/C14H10BrN3O2/c1-20-14(19)9-5-6-11-10(7-9)16-8-18(11)13-4-2-3-12(15)17-13/h2-8H,1H3. The van der Waals surface area contributed by atoms with Gasteiger partial charge in [0.15, 0.2) is 0 Å². The molecule has 0 unspecified atom stereocenters. The lowest BCUT2D eigenvalue weighted by atomic mass is 10.2. The first-order valence-electron chi connectivity index (χ1n) is 5.87. The summed E-state index contributed by atoms with van der Waals surface area (Å²) in [6.45, 7) is 0. The summed E-state index contributed by atoms with van der Waals surface area (Å²) >= 11 is 3.35. The molecule has 2 aromatic heterocycles. The van der Waals surface area contributed by atoms with E-state index in [9.17, 15) is 4.79 Å². The van der Waals surface area contributed by atoms with Crippen LogP contribution in [-0.4, -0.2) is 27.6 Å². The van der Waals surface area contributed by atoms with Crippen LogP contribution in [0.4, 0.5) is 0 Å². The van der Waals surface area contributed by atoms with Gasteiger partial charge in [-0.05, 0) is 46.3 Å². The van der Waals surface area contributed by atoms with Gasteiger partial charge in [0.25, 0.3) is 0 Å². The molecule has 2 heterocycles. The highest BCUT2D eigenvalue weighted by Gasteiger charge is 2.10. The molecule has 0 fully saturated rings. The van der Waals surface area contributed by atoms with Gasteiger partial charge in [-0.3, -0.25) is 4.57 Å². The number of ether oxygens (including phenoxy) is 1. The SMILES string of the molecule is COC(=O)c1ccc2c(c1)ncn2-c1cccc(Br)n1. The van der Waals surface area contributed by atoms with Crippen molar-refractivity contribution in [2.75, 3.05) is 7.11 Å². The molecule has 0 spiro atoms. The van der Waals surface area contributed by atoms with E-state index in [2.05, 4.69) is 25.9 Å². The number of fused-ring (bicyclic) bond motifs is 1. The summed E-state index contributed by atoms with van der Waals surface area (Å²) < 4.78 is 7.32. The summed E-state index contributed by atoms with van der Waals surface area (Å²) in [5.74, 6) is 0.384. The fraction of sp³-hybridized carbons (Fsp3) is 0.0714. The number of esters is 1. The van der Waals surface area contributed by atoms with Crippen molar-refractivity contribution in [1.82, 2.24) is 14.5 Å². The molecule has 3 rings (SSSR count). The molecule has 100 valence electrons. The molecule has 0 aliphatic rings. The van der Waals surface area contributed by atoms with Gasteiger partial charge in [0.2, 0.25) is 0 Å². The Hall–Kier alpha value is -2.21. The van der Waals surface area contributed by atoms with Crippen LogP contribution in [0.25, 0.3) is 16.9 Å². The largest absolute Gasteiger partial charge is 0.465 e. The Morgan fingerprint density at radius 2 is 2.15 bits per heavy atom. The van der Waals surface area contributed by atoms with Gasteiger partial charge in [-0.2, -0.15) is 0 Å². The average Bonchev–Trinajstić information content (AvgIpc) is 2.89. The van der Waals surface area contributed by atoms with Gasteiger partial charge < -0.3 is 4.74 Å². The first-order valence-corrected chi connectivity index (χ1v) is 6.66. The second kappa shape index (κ2) is 5.05. The molecule has 0 aliphatic carbocycles. The van der Waals surface area contributed by atoms with Crippen molar-refractivity contribution in [2.45, 2.75) is 0 Å². The van der Waals surface area contributed by atoms with Crippen molar-refractivity contribution < 1.29 is 9.53 Å². The number of imidazole rings is 1. The summed E-state index contributed by atoms with van der Waals surface area (Å²) in [6.07, 6.45) is 1.68. The number of pyridine rings is 1. The number of carbonyl (C=O) groups is 1. The quantitative estimate of drug-likeness (QED) is 0.535. The normalized spacial score (nSPS) is 10.7. The fourth-order valence-corrected chi connectivity index (χ4v) is 2.31. The molecule has 0 bridgehead atoms. The van der Waals surface area contributed by atoms with E-state index in [4.69, 9.17) is 4.74 Å². The minimum absolute atomic E-state index is 0.373. The molecule has 6 heteroatoms. The lowest BCUT2D eigenvalue weighted by Gasteiger charge is -2.04. The third-order valence-corrected chi connectivity index (χ3v) is 3.36. The Morgan fingerprint density at radius 3 is 2.90 bits per heavy atom. The van der Waals surface area contributed by atoms with E-state index in [0.717, 1.165) is 21.5 Å². The van der Waals surface area contributed by atoms with Crippen LogP contribution >= 0.6 is 15.9 Å². The Balaban J connectivity index is 2.13. The molecule has 0 radical (unpaired) electrons. The predicted molar refractivity (Wildman–Crippen MR) is 77.9 cm³/mol. The van der Waals surface area contributed by atoms with Crippen molar-refractivity contribution in [3.05, 3.63) is 52.9 Å². The topological polar surface area (TPSA) is 57.0 Å².